The van der Waals surface area contributed by atoms with Crippen molar-refractivity contribution >= 4 is 16.9 Å². The number of nitrogens with one attached hydrogen (secondary N) is 1. The molecule has 0 unspecified atom stereocenters. The van der Waals surface area contributed by atoms with E-state index in [4.69, 9.17) is 0 Å². The maximum Gasteiger partial charge on any atom is 0.168 e. The number of nitrogens with zero attached hydrogens (tertiary/aromatic N) is 5. The number of benzene rings is 2. The molecule has 0 aliphatic carbocycles. The smallest absolute Gasteiger partial charge is 0.168 e. The van der Waals surface area contributed by atoms with Crippen molar-refractivity contribution in [2.75, 3.05) is 26.0 Å². The third-order valence-corrected chi connectivity index (χ3v) is 4.64. The van der Waals surface area contributed by atoms with Gasteiger partial charge < -0.3 is 10.2 Å². The average molecular weight is 358 g/mol. The second-order valence-electron chi connectivity index (χ2n) is 6.62. The van der Waals surface area contributed by atoms with E-state index < -0.39 is 0 Å². The lowest BCUT2D eigenvalue weighted by Crippen LogP contribution is -2.27. The lowest BCUT2D eigenvalue weighted by molar-refractivity contribution is 0.311. The second-order valence-corrected chi connectivity index (χ2v) is 6.62. The van der Waals surface area contributed by atoms with Crippen molar-refractivity contribution < 1.29 is 0 Å². The summed E-state index contributed by atoms with van der Waals surface area (Å²) in [5.74, 6) is 0.796. The molecule has 0 amide bonds. The molecule has 6 nitrogen and oxygen atoms in total. The van der Waals surface area contributed by atoms with E-state index in [9.17, 15) is 0 Å². The number of aromatic nitrogens is 4. The zero-order valence-electron chi connectivity index (χ0n) is 15.4. The summed E-state index contributed by atoms with van der Waals surface area (Å²) >= 11 is 0. The van der Waals surface area contributed by atoms with E-state index in [0.717, 1.165) is 29.1 Å². The number of anilines is 1. The molecule has 2 aromatic heterocycles. The predicted octanol–water partition coefficient (Wildman–Crippen LogP) is 3.53. The molecular weight excluding hydrogens is 336 g/mol. The highest BCUT2D eigenvalue weighted by Crippen LogP contribution is 2.23. The van der Waals surface area contributed by atoms with Crippen LogP contribution in [0.4, 0.5) is 5.82 Å². The highest BCUT2D eigenvalue weighted by atomic mass is 15.3. The van der Waals surface area contributed by atoms with Crippen LogP contribution in [0.3, 0.4) is 0 Å². The summed E-state index contributed by atoms with van der Waals surface area (Å²) in [6.07, 6.45) is 3.40. The van der Waals surface area contributed by atoms with Crippen molar-refractivity contribution in [3.63, 3.8) is 0 Å². The molecule has 136 valence electrons. The highest BCUT2D eigenvalue weighted by molar-refractivity contribution is 5.87. The quantitative estimate of drug-likeness (QED) is 0.571. The van der Waals surface area contributed by atoms with Gasteiger partial charge >= 0.3 is 0 Å². The van der Waals surface area contributed by atoms with Crippen molar-refractivity contribution in [3.05, 3.63) is 78.8 Å². The predicted molar refractivity (Wildman–Crippen MR) is 108 cm³/mol. The first-order valence-electron chi connectivity index (χ1n) is 8.93. The van der Waals surface area contributed by atoms with Gasteiger partial charge in [-0.15, -0.1) is 0 Å². The highest BCUT2D eigenvalue weighted by Gasteiger charge is 2.16. The first kappa shape index (κ1) is 17.2. The van der Waals surface area contributed by atoms with Crippen LogP contribution >= 0.6 is 0 Å². The van der Waals surface area contributed by atoms with Crippen molar-refractivity contribution in [1.82, 2.24) is 24.6 Å². The Hall–Kier alpha value is -3.25. The van der Waals surface area contributed by atoms with E-state index in [1.165, 1.54) is 5.56 Å². The molecule has 4 aromatic rings. The lowest BCUT2D eigenvalue weighted by atomic mass is 10.1. The first-order chi connectivity index (χ1) is 13.2. The van der Waals surface area contributed by atoms with Gasteiger partial charge in [-0.3, -0.25) is 0 Å². The van der Waals surface area contributed by atoms with E-state index >= 15 is 0 Å². The summed E-state index contributed by atoms with van der Waals surface area (Å²) in [6.45, 7) is 0.736. The Labute approximate surface area is 158 Å². The first-order valence-corrected chi connectivity index (χ1v) is 8.93. The van der Waals surface area contributed by atoms with Gasteiger partial charge in [0, 0.05) is 6.54 Å². The standard InChI is InChI=1S/C21H22N6/c1-26(2)19(16-9-5-3-6-10-16)14-22-20-18-13-25-27(21(18)24-15-23-20)17-11-7-4-8-12-17/h3-13,15,19H,14H2,1-2H3,(H,22,23,24)/t19-/m0/s1. The monoisotopic (exact) mass is 358 g/mol. The molecule has 1 atom stereocenters. The van der Waals surface area contributed by atoms with E-state index in [1.54, 1.807) is 6.33 Å². The van der Waals surface area contributed by atoms with Gasteiger partial charge in [0.1, 0.15) is 12.1 Å². The average Bonchev–Trinajstić information content (AvgIpc) is 3.14. The maximum absolute atomic E-state index is 4.51. The summed E-state index contributed by atoms with van der Waals surface area (Å²) in [5, 5.41) is 8.91. The normalized spacial score (nSPS) is 12.4. The van der Waals surface area contributed by atoms with Crippen molar-refractivity contribution in [2.24, 2.45) is 0 Å². The van der Waals surface area contributed by atoms with Crippen LogP contribution in [0.25, 0.3) is 16.7 Å². The van der Waals surface area contributed by atoms with Gasteiger partial charge in [0.25, 0.3) is 0 Å². The fourth-order valence-corrected chi connectivity index (χ4v) is 3.21. The topological polar surface area (TPSA) is 58.9 Å². The summed E-state index contributed by atoms with van der Waals surface area (Å²) in [5.41, 5.74) is 3.03. The summed E-state index contributed by atoms with van der Waals surface area (Å²) in [4.78, 5) is 11.1. The summed E-state index contributed by atoms with van der Waals surface area (Å²) in [6, 6.07) is 20.7. The minimum atomic E-state index is 0.236. The number of likely N-dealkylation sites (N-methyl/N-ethyl adjacent to an activating group) is 1. The van der Waals surface area contributed by atoms with Gasteiger partial charge in [-0.2, -0.15) is 5.10 Å². The molecule has 6 heteroatoms. The number of rotatable bonds is 6. The van der Waals surface area contributed by atoms with Crippen LogP contribution < -0.4 is 5.32 Å². The van der Waals surface area contributed by atoms with Crippen LogP contribution in [0.5, 0.6) is 0 Å². The fraction of sp³-hybridized carbons (Fsp3) is 0.190. The Balaban J connectivity index is 1.62. The van der Waals surface area contributed by atoms with Gasteiger partial charge in [0.05, 0.1) is 23.3 Å². The molecule has 0 radical (unpaired) electrons. The van der Waals surface area contributed by atoms with Crippen LogP contribution in [0.15, 0.2) is 73.2 Å². The van der Waals surface area contributed by atoms with E-state index in [-0.39, 0.29) is 6.04 Å². The Morgan fingerprint density at radius 1 is 0.963 bits per heavy atom. The van der Waals surface area contributed by atoms with Gasteiger partial charge in [-0.05, 0) is 31.8 Å². The molecule has 0 aliphatic rings. The fourth-order valence-electron chi connectivity index (χ4n) is 3.21. The summed E-state index contributed by atoms with van der Waals surface area (Å²) in [7, 11) is 4.17. The Kier molecular flexibility index (Phi) is 4.80. The Morgan fingerprint density at radius 3 is 2.37 bits per heavy atom. The van der Waals surface area contributed by atoms with Crippen LogP contribution in [0.1, 0.15) is 11.6 Å². The molecule has 0 aliphatic heterocycles. The zero-order valence-corrected chi connectivity index (χ0v) is 15.4. The van der Waals surface area contributed by atoms with Crippen molar-refractivity contribution in [3.8, 4) is 5.69 Å². The van der Waals surface area contributed by atoms with E-state index in [1.807, 2.05) is 47.3 Å². The maximum atomic E-state index is 4.51. The largest absolute Gasteiger partial charge is 0.367 e. The van der Waals surface area contributed by atoms with Crippen LogP contribution in [-0.4, -0.2) is 45.3 Å². The van der Waals surface area contributed by atoms with Crippen LogP contribution in [0, 0.1) is 0 Å². The molecule has 0 bridgehead atoms. The molecule has 0 spiro atoms. The van der Waals surface area contributed by atoms with Gasteiger partial charge in [0.15, 0.2) is 5.65 Å². The molecule has 1 N–H and O–H groups in total. The number of hydrogen-bond acceptors (Lipinski definition) is 5. The van der Waals surface area contributed by atoms with E-state index in [2.05, 4.69) is 63.6 Å². The molecule has 0 fully saturated rings. The molecule has 27 heavy (non-hydrogen) atoms. The second kappa shape index (κ2) is 7.55. The third-order valence-electron chi connectivity index (χ3n) is 4.64. The minimum Gasteiger partial charge on any atom is -0.367 e. The zero-order chi connectivity index (χ0) is 18.6. The minimum absolute atomic E-state index is 0.236. The van der Waals surface area contributed by atoms with E-state index in [0.29, 0.717) is 0 Å². The summed E-state index contributed by atoms with van der Waals surface area (Å²) < 4.78 is 1.84. The SMILES string of the molecule is CN(C)[C@@H](CNc1ncnc2c1cnn2-c1ccccc1)c1ccccc1. The third kappa shape index (κ3) is 3.52. The number of fused-ring (bicyclic) bond motifs is 1. The van der Waals surface area contributed by atoms with Crippen LogP contribution in [-0.2, 0) is 0 Å². The van der Waals surface area contributed by atoms with Crippen molar-refractivity contribution in [2.45, 2.75) is 6.04 Å². The molecule has 0 saturated carbocycles. The van der Waals surface area contributed by atoms with Gasteiger partial charge in [0.2, 0.25) is 0 Å². The molecular formula is C21H22N6. The van der Waals surface area contributed by atoms with Gasteiger partial charge in [-0.1, -0.05) is 48.5 Å². The molecule has 2 aromatic carbocycles. The van der Waals surface area contributed by atoms with Crippen molar-refractivity contribution in [1.29, 1.82) is 0 Å². The molecule has 0 saturated heterocycles. The number of para-hydroxylation sites is 1. The number of hydrogen-bond donors (Lipinski definition) is 1. The molecule has 2 heterocycles. The Morgan fingerprint density at radius 2 is 1.67 bits per heavy atom. The van der Waals surface area contributed by atoms with Crippen LogP contribution in [0.2, 0.25) is 0 Å². The van der Waals surface area contributed by atoms with Gasteiger partial charge in [-0.25, -0.2) is 14.6 Å². The molecule has 4 rings (SSSR count). The lowest BCUT2D eigenvalue weighted by Gasteiger charge is -2.25. The Bertz CT molecular complexity index is 1010.